The maximum Gasteiger partial charge on any atom is 0.303 e. The quantitative estimate of drug-likeness (QED) is 0.596. The molecule has 0 aromatic carbocycles. The Bertz CT molecular complexity index is 389. The summed E-state index contributed by atoms with van der Waals surface area (Å²) in [5, 5.41) is 17.4. The molecule has 94 valence electrons. The molecule has 1 heterocycles. The molecule has 1 aromatic heterocycles. The van der Waals surface area contributed by atoms with Crippen molar-refractivity contribution in [3.8, 4) is 0 Å². The molecule has 1 aromatic rings. The largest absolute Gasteiger partial charge is 0.481 e. The zero-order valence-electron chi connectivity index (χ0n) is 9.69. The van der Waals surface area contributed by atoms with Crippen molar-refractivity contribution in [1.29, 1.82) is 0 Å². The van der Waals surface area contributed by atoms with Crippen LogP contribution in [0.1, 0.15) is 42.6 Å². The summed E-state index contributed by atoms with van der Waals surface area (Å²) >= 11 is 0. The van der Waals surface area contributed by atoms with Crippen LogP contribution in [-0.4, -0.2) is 38.7 Å². The average molecular weight is 240 g/mol. The van der Waals surface area contributed by atoms with Crippen LogP contribution in [-0.2, 0) is 11.2 Å². The molecular weight excluding hydrogens is 224 g/mol. The molecule has 3 N–H and O–H groups in total. The Morgan fingerprint density at radius 3 is 2.88 bits per heavy atom. The van der Waals surface area contributed by atoms with Gasteiger partial charge >= 0.3 is 5.97 Å². The second-order valence-corrected chi connectivity index (χ2v) is 3.61. The summed E-state index contributed by atoms with van der Waals surface area (Å²) in [4.78, 5) is 25.8. The first kappa shape index (κ1) is 13.1. The Balaban J connectivity index is 2.33. The number of carbonyl (C=O) groups is 2. The van der Waals surface area contributed by atoms with Gasteiger partial charge in [-0.15, -0.1) is 5.10 Å². The number of aryl methyl sites for hydroxylation is 1. The van der Waals surface area contributed by atoms with Gasteiger partial charge in [-0.1, -0.05) is 6.92 Å². The number of nitrogens with zero attached hydrogens (tertiary/aromatic N) is 2. The van der Waals surface area contributed by atoms with Crippen LogP contribution in [0.4, 0.5) is 0 Å². The van der Waals surface area contributed by atoms with Gasteiger partial charge in [-0.05, 0) is 12.8 Å². The number of hydrogen-bond donors (Lipinski definition) is 3. The van der Waals surface area contributed by atoms with E-state index >= 15 is 0 Å². The summed E-state index contributed by atoms with van der Waals surface area (Å²) in [5.74, 6) is -0.469. The molecule has 0 radical (unpaired) electrons. The third kappa shape index (κ3) is 4.62. The summed E-state index contributed by atoms with van der Waals surface area (Å²) in [6.07, 6.45) is 2.11. The van der Waals surface area contributed by atoms with E-state index in [4.69, 9.17) is 5.11 Å². The molecule has 0 bridgehead atoms. The van der Waals surface area contributed by atoms with Crippen LogP contribution in [0.25, 0.3) is 0 Å². The molecule has 17 heavy (non-hydrogen) atoms. The van der Waals surface area contributed by atoms with E-state index in [1.54, 1.807) is 0 Å². The molecule has 0 unspecified atom stereocenters. The molecular formula is C10H16N4O3. The number of carbonyl (C=O) groups excluding carboxylic acids is 1. The van der Waals surface area contributed by atoms with E-state index in [0.29, 0.717) is 18.8 Å². The Kier molecular flexibility index (Phi) is 5.12. The van der Waals surface area contributed by atoms with Gasteiger partial charge < -0.3 is 10.4 Å². The number of amides is 1. The van der Waals surface area contributed by atoms with Crippen molar-refractivity contribution in [2.75, 3.05) is 6.54 Å². The summed E-state index contributed by atoms with van der Waals surface area (Å²) in [6.45, 7) is 2.32. The maximum absolute atomic E-state index is 11.5. The first-order chi connectivity index (χ1) is 8.13. The maximum atomic E-state index is 11.5. The summed E-state index contributed by atoms with van der Waals surface area (Å²) in [6, 6.07) is 0. The van der Waals surface area contributed by atoms with Crippen LogP contribution in [0.2, 0.25) is 0 Å². The van der Waals surface area contributed by atoms with Crippen molar-refractivity contribution in [3.63, 3.8) is 0 Å². The Labute approximate surface area is 98.6 Å². The van der Waals surface area contributed by atoms with E-state index < -0.39 is 5.97 Å². The summed E-state index contributed by atoms with van der Waals surface area (Å²) < 4.78 is 0. The van der Waals surface area contributed by atoms with E-state index in [1.165, 1.54) is 0 Å². The first-order valence-corrected chi connectivity index (χ1v) is 5.54. The van der Waals surface area contributed by atoms with Gasteiger partial charge in [0.25, 0.3) is 5.91 Å². The molecule has 0 aliphatic carbocycles. The zero-order valence-corrected chi connectivity index (χ0v) is 9.69. The Hall–Kier alpha value is -1.92. The number of hydrogen-bond acceptors (Lipinski definition) is 4. The van der Waals surface area contributed by atoms with E-state index in [0.717, 1.165) is 12.8 Å². The number of aromatic nitrogens is 3. The Morgan fingerprint density at radius 1 is 1.47 bits per heavy atom. The highest BCUT2D eigenvalue weighted by Crippen LogP contribution is 1.96. The van der Waals surface area contributed by atoms with Gasteiger partial charge in [-0.25, -0.2) is 4.98 Å². The Morgan fingerprint density at radius 2 is 2.24 bits per heavy atom. The lowest BCUT2D eigenvalue weighted by molar-refractivity contribution is -0.137. The lowest BCUT2D eigenvalue weighted by atomic mass is 10.3. The number of nitrogens with one attached hydrogen (secondary N) is 2. The van der Waals surface area contributed by atoms with E-state index in [2.05, 4.69) is 20.5 Å². The molecule has 0 atom stereocenters. The fourth-order valence-corrected chi connectivity index (χ4v) is 1.27. The minimum Gasteiger partial charge on any atom is -0.481 e. The van der Waals surface area contributed by atoms with Crippen molar-refractivity contribution in [2.24, 2.45) is 0 Å². The molecule has 0 saturated heterocycles. The molecule has 0 spiro atoms. The number of carboxylic acids is 1. The number of aromatic amines is 1. The van der Waals surface area contributed by atoms with Crippen LogP contribution in [0, 0.1) is 0 Å². The third-order valence-electron chi connectivity index (χ3n) is 2.07. The second kappa shape index (κ2) is 6.62. The summed E-state index contributed by atoms with van der Waals surface area (Å²) in [5.41, 5.74) is 0. The highest BCUT2D eigenvalue weighted by Gasteiger charge is 2.11. The predicted molar refractivity (Wildman–Crippen MR) is 59.6 cm³/mol. The van der Waals surface area contributed by atoms with Crippen molar-refractivity contribution in [2.45, 2.75) is 32.6 Å². The molecule has 1 amide bonds. The molecule has 0 aliphatic heterocycles. The lowest BCUT2D eigenvalue weighted by Crippen LogP contribution is -2.26. The van der Waals surface area contributed by atoms with Crippen LogP contribution in [0.5, 0.6) is 0 Å². The highest BCUT2D eigenvalue weighted by molar-refractivity contribution is 5.90. The van der Waals surface area contributed by atoms with Crippen molar-refractivity contribution < 1.29 is 14.7 Å². The predicted octanol–water partition coefficient (Wildman–Crippen LogP) is 0.352. The molecule has 1 rings (SSSR count). The zero-order chi connectivity index (χ0) is 12.7. The number of H-pyrrole nitrogens is 1. The number of carboxylic acid groups (broad SMARTS) is 1. The standard InChI is InChI=1S/C10H16N4O3/c1-2-4-7-12-9(14-13-7)10(17)11-6-3-5-8(15)16/h2-6H2,1H3,(H,11,17)(H,15,16)(H,12,13,14). The third-order valence-corrected chi connectivity index (χ3v) is 2.07. The van der Waals surface area contributed by atoms with E-state index in [-0.39, 0.29) is 18.2 Å². The fourth-order valence-electron chi connectivity index (χ4n) is 1.27. The second-order valence-electron chi connectivity index (χ2n) is 3.61. The first-order valence-electron chi connectivity index (χ1n) is 5.54. The number of rotatable bonds is 7. The van der Waals surface area contributed by atoms with Crippen LogP contribution >= 0.6 is 0 Å². The molecule has 0 aliphatic rings. The van der Waals surface area contributed by atoms with Gasteiger partial charge in [-0.3, -0.25) is 14.7 Å². The average Bonchev–Trinajstić information content (AvgIpc) is 2.73. The van der Waals surface area contributed by atoms with Gasteiger partial charge in [0.1, 0.15) is 5.82 Å². The lowest BCUT2D eigenvalue weighted by Gasteiger charge is -1.99. The summed E-state index contributed by atoms with van der Waals surface area (Å²) in [7, 11) is 0. The van der Waals surface area contributed by atoms with Crippen LogP contribution in [0.15, 0.2) is 0 Å². The van der Waals surface area contributed by atoms with Gasteiger partial charge in [-0.2, -0.15) is 0 Å². The van der Waals surface area contributed by atoms with Crippen molar-refractivity contribution in [1.82, 2.24) is 20.5 Å². The van der Waals surface area contributed by atoms with Gasteiger partial charge in [0.2, 0.25) is 5.82 Å². The highest BCUT2D eigenvalue weighted by atomic mass is 16.4. The van der Waals surface area contributed by atoms with E-state index in [1.807, 2.05) is 6.92 Å². The minimum absolute atomic E-state index is 0.0371. The molecule has 7 heteroatoms. The van der Waals surface area contributed by atoms with Crippen molar-refractivity contribution in [3.05, 3.63) is 11.6 Å². The molecule has 7 nitrogen and oxygen atoms in total. The molecule has 0 saturated carbocycles. The molecule has 0 fully saturated rings. The van der Waals surface area contributed by atoms with Crippen molar-refractivity contribution >= 4 is 11.9 Å². The smallest absolute Gasteiger partial charge is 0.303 e. The fraction of sp³-hybridized carbons (Fsp3) is 0.600. The monoisotopic (exact) mass is 240 g/mol. The van der Waals surface area contributed by atoms with E-state index in [9.17, 15) is 9.59 Å². The number of aliphatic carboxylic acids is 1. The van der Waals surface area contributed by atoms with Crippen LogP contribution in [0.3, 0.4) is 0 Å². The van der Waals surface area contributed by atoms with Gasteiger partial charge in [0, 0.05) is 19.4 Å². The topological polar surface area (TPSA) is 108 Å². The minimum atomic E-state index is -0.873. The van der Waals surface area contributed by atoms with Gasteiger partial charge in [0.15, 0.2) is 0 Å². The van der Waals surface area contributed by atoms with Crippen LogP contribution < -0.4 is 5.32 Å². The van der Waals surface area contributed by atoms with Gasteiger partial charge in [0.05, 0.1) is 0 Å². The SMILES string of the molecule is CCCc1nc(C(=O)NCCCC(=O)O)n[nH]1. The normalized spacial score (nSPS) is 10.2.